The van der Waals surface area contributed by atoms with Crippen molar-refractivity contribution in [1.82, 2.24) is 10.2 Å². The van der Waals surface area contributed by atoms with E-state index in [4.69, 9.17) is 9.84 Å². The Hall–Kier alpha value is -3.42. The molecule has 1 fully saturated rings. The molecule has 1 heterocycles. The number of aryl methyl sites for hydroxylation is 1. The number of halogens is 1. The standard InChI is InChI=1S/C27H33FN2O5/c1-5-8-22(18-11-9-17(4)10-12-18)29-26(34)30-24(33)27(6-2,7-3)25(30)35-20-14-13-19(15-23(31)32)21(28)16-20/h9-14,16,22,25H,5-8,15H2,1-4H3,(H,29,34)(H,31,32)/t22-,25+/m1/s1. The van der Waals surface area contributed by atoms with Crippen molar-refractivity contribution in [3.63, 3.8) is 0 Å². The van der Waals surface area contributed by atoms with Crippen molar-refractivity contribution < 1.29 is 28.6 Å². The van der Waals surface area contributed by atoms with Gasteiger partial charge in [-0.1, -0.05) is 63.1 Å². The lowest BCUT2D eigenvalue weighted by Crippen LogP contribution is -2.73. The highest BCUT2D eigenvalue weighted by atomic mass is 19.1. The summed E-state index contributed by atoms with van der Waals surface area (Å²) in [5.41, 5.74) is 1.18. The molecule has 2 atom stereocenters. The van der Waals surface area contributed by atoms with Gasteiger partial charge in [-0.15, -0.1) is 0 Å². The van der Waals surface area contributed by atoms with E-state index in [2.05, 4.69) is 5.32 Å². The van der Waals surface area contributed by atoms with Crippen molar-refractivity contribution in [3.05, 3.63) is 65.0 Å². The molecule has 7 nitrogen and oxygen atoms in total. The van der Waals surface area contributed by atoms with Gasteiger partial charge in [0.15, 0.2) is 6.23 Å². The van der Waals surface area contributed by atoms with Crippen LogP contribution in [0, 0.1) is 18.2 Å². The predicted molar refractivity (Wildman–Crippen MR) is 129 cm³/mol. The van der Waals surface area contributed by atoms with Crippen molar-refractivity contribution >= 4 is 17.9 Å². The molecule has 0 aliphatic carbocycles. The number of hydrogen-bond acceptors (Lipinski definition) is 4. The Morgan fingerprint density at radius 1 is 1.14 bits per heavy atom. The van der Waals surface area contributed by atoms with E-state index < -0.39 is 35.9 Å². The summed E-state index contributed by atoms with van der Waals surface area (Å²) in [5.74, 6) is -2.06. The zero-order valence-electron chi connectivity index (χ0n) is 20.6. The Kier molecular flexibility index (Phi) is 8.14. The quantitative estimate of drug-likeness (QED) is 0.442. The number of ether oxygens (including phenoxy) is 1. The molecule has 0 aromatic heterocycles. The molecule has 1 aliphatic rings. The first-order valence-corrected chi connectivity index (χ1v) is 12.0. The van der Waals surface area contributed by atoms with Crippen LogP contribution >= 0.6 is 0 Å². The number of rotatable bonds is 10. The normalized spacial score (nSPS) is 17.5. The summed E-state index contributed by atoms with van der Waals surface area (Å²) in [7, 11) is 0. The largest absolute Gasteiger partial charge is 0.481 e. The molecule has 188 valence electrons. The van der Waals surface area contributed by atoms with E-state index in [-0.39, 0.29) is 23.3 Å². The molecule has 0 saturated carbocycles. The fourth-order valence-corrected chi connectivity index (χ4v) is 4.56. The summed E-state index contributed by atoms with van der Waals surface area (Å²) in [6, 6.07) is 11.0. The van der Waals surface area contributed by atoms with Crippen molar-refractivity contribution in [1.29, 1.82) is 0 Å². The third kappa shape index (κ3) is 5.31. The predicted octanol–water partition coefficient (Wildman–Crippen LogP) is 5.37. The van der Waals surface area contributed by atoms with Crippen molar-refractivity contribution in [2.75, 3.05) is 0 Å². The molecule has 3 amide bonds. The van der Waals surface area contributed by atoms with Gasteiger partial charge in [-0.3, -0.25) is 9.59 Å². The molecular weight excluding hydrogens is 451 g/mol. The Labute approximate surface area is 205 Å². The average Bonchev–Trinajstić information content (AvgIpc) is 2.81. The molecule has 0 spiro atoms. The summed E-state index contributed by atoms with van der Waals surface area (Å²) in [6.45, 7) is 7.73. The molecule has 2 N–H and O–H groups in total. The highest BCUT2D eigenvalue weighted by Crippen LogP contribution is 2.46. The fraction of sp³-hybridized carbons (Fsp3) is 0.444. The third-order valence-electron chi connectivity index (χ3n) is 6.80. The number of carboxylic acid groups (broad SMARTS) is 1. The second kappa shape index (κ2) is 10.9. The zero-order chi connectivity index (χ0) is 25.8. The number of amides is 3. The number of nitrogens with zero attached hydrogens (tertiary/aromatic N) is 1. The first-order chi connectivity index (χ1) is 16.7. The zero-order valence-corrected chi connectivity index (χ0v) is 20.6. The number of carbonyl (C=O) groups is 3. The van der Waals surface area contributed by atoms with Crippen LogP contribution in [0.5, 0.6) is 5.75 Å². The monoisotopic (exact) mass is 484 g/mol. The molecule has 8 heteroatoms. The first-order valence-electron chi connectivity index (χ1n) is 12.0. The molecule has 3 rings (SSSR count). The van der Waals surface area contributed by atoms with Crippen molar-refractivity contribution in [2.45, 2.75) is 72.1 Å². The molecule has 0 unspecified atom stereocenters. The Morgan fingerprint density at radius 2 is 1.80 bits per heavy atom. The molecule has 1 saturated heterocycles. The first kappa shape index (κ1) is 26.2. The van der Waals surface area contributed by atoms with Gasteiger partial charge in [0.25, 0.3) is 0 Å². The highest BCUT2D eigenvalue weighted by molar-refractivity contribution is 6.03. The van der Waals surface area contributed by atoms with Crippen LogP contribution < -0.4 is 10.1 Å². The number of carbonyl (C=O) groups excluding carboxylic acids is 2. The van der Waals surface area contributed by atoms with Gasteiger partial charge in [0.1, 0.15) is 17.0 Å². The smallest absolute Gasteiger partial charge is 0.327 e. The van der Waals surface area contributed by atoms with Gasteiger partial charge in [0.05, 0.1) is 12.5 Å². The van der Waals surface area contributed by atoms with Crippen molar-refractivity contribution in [2.24, 2.45) is 5.41 Å². The number of nitrogens with one attached hydrogen (secondary N) is 1. The Balaban J connectivity index is 1.85. The molecule has 2 aromatic carbocycles. The topological polar surface area (TPSA) is 95.9 Å². The van der Waals surface area contributed by atoms with Gasteiger partial charge in [-0.2, -0.15) is 0 Å². The van der Waals surface area contributed by atoms with Crippen LogP contribution in [0.3, 0.4) is 0 Å². The number of hydrogen-bond donors (Lipinski definition) is 2. The average molecular weight is 485 g/mol. The van der Waals surface area contributed by atoms with Gasteiger partial charge < -0.3 is 15.2 Å². The minimum Gasteiger partial charge on any atom is -0.481 e. The van der Waals surface area contributed by atoms with E-state index >= 15 is 0 Å². The van der Waals surface area contributed by atoms with Gasteiger partial charge >= 0.3 is 12.0 Å². The van der Waals surface area contributed by atoms with E-state index in [0.29, 0.717) is 19.3 Å². The molecule has 2 aromatic rings. The van der Waals surface area contributed by atoms with Crippen LogP contribution in [-0.4, -0.2) is 34.1 Å². The van der Waals surface area contributed by atoms with E-state index in [1.807, 2.05) is 52.0 Å². The molecular formula is C27H33FN2O5. The van der Waals surface area contributed by atoms with E-state index in [9.17, 15) is 18.8 Å². The minimum absolute atomic E-state index is 0.0295. The van der Waals surface area contributed by atoms with Crippen LogP contribution in [0.1, 0.15) is 69.2 Å². The van der Waals surface area contributed by atoms with E-state index in [1.54, 1.807) is 0 Å². The molecule has 1 aliphatic heterocycles. The SMILES string of the molecule is CCC[C@@H](NC(=O)N1C(=O)C(CC)(CC)[C@@H]1Oc1ccc(CC(=O)O)c(F)c1)c1ccc(C)cc1. The summed E-state index contributed by atoms with van der Waals surface area (Å²) >= 11 is 0. The third-order valence-corrected chi connectivity index (χ3v) is 6.80. The number of β-lactam (4-membered cyclic amide) rings is 1. The number of imide groups is 1. The molecule has 0 bridgehead atoms. The van der Waals surface area contributed by atoms with E-state index in [1.165, 1.54) is 12.1 Å². The summed E-state index contributed by atoms with van der Waals surface area (Å²) in [4.78, 5) is 38.5. The molecule has 35 heavy (non-hydrogen) atoms. The van der Waals surface area contributed by atoms with E-state index in [0.717, 1.165) is 28.5 Å². The lowest BCUT2D eigenvalue weighted by Gasteiger charge is -2.53. The van der Waals surface area contributed by atoms with Gasteiger partial charge in [0.2, 0.25) is 5.91 Å². The van der Waals surface area contributed by atoms with Crippen LogP contribution in [0.2, 0.25) is 0 Å². The Morgan fingerprint density at radius 3 is 2.34 bits per heavy atom. The van der Waals surface area contributed by atoms with Crippen LogP contribution in [-0.2, 0) is 16.0 Å². The van der Waals surface area contributed by atoms with Crippen LogP contribution in [0.25, 0.3) is 0 Å². The fourth-order valence-electron chi connectivity index (χ4n) is 4.56. The minimum atomic E-state index is -1.14. The van der Waals surface area contributed by atoms with Crippen molar-refractivity contribution in [3.8, 4) is 5.75 Å². The lowest BCUT2D eigenvalue weighted by molar-refractivity contribution is -0.191. The van der Waals surface area contributed by atoms with Gasteiger partial charge in [0, 0.05) is 6.07 Å². The summed E-state index contributed by atoms with van der Waals surface area (Å²) in [6.07, 6.45) is 1.08. The lowest BCUT2D eigenvalue weighted by atomic mass is 9.72. The molecule has 0 radical (unpaired) electrons. The van der Waals surface area contributed by atoms with Gasteiger partial charge in [-0.05, 0) is 43.4 Å². The number of aliphatic carboxylic acids is 1. The number of urea groups is 1. The maximum absolute atomic E-state index is 14.4. The summed E-state index contributed by atoms with van der Waals surface area (Å²) < 4.78 is 20.5. The number of benzene rings is 2. The Bertz CT molecular complexity index is 1080. The van der Waals surface area contributed by atoms with Crippen LogP contribution in [0.15, 0.2) is 42.5 Å². The number of likely N-dealkylation sites (tertiary alicyclic amines) is 1. The second-order valence-corrected chi connectivity index (χ2v) is 9.03. The highest BCUT2D eigenvalue weighted by Gasteiger charge is 2.63. The van der Waals surface area contributed by atoms with Gasteiger partial charge in [-0.25, -0.2) is 14.1 Å². The second-order valence-electron chi connectivity index (χ2n) is 9.03. The maximum atomic E-state index is 14.4. The number of carboxylic acids is 1. The summed E-state index contributed by atoms with van der Waals surface area (Å²) in [5, 5.41) is 11.9. The maximum Gasteiger partial charge on any atom is 0.327 e. The van der Waals surface area contributed by atoms with Crippen LogP contribution in [0.4, 0.5) is 9.18 Å².